The van der Waals surface area contributed by atoms with E-state index in [1.54, 1.807) is 4.90 Å². The summed E-state index contributed by atoms with van der Waals surface area (Å²) in [5.74, 6) is 0.0560. The Bertz CT molecular complexity index is 964. The van der Waals surface area contributed by atoms with Crippen LogP contribution in [-0.4, -0.2) is 50.3 Å². The summed E-state index contributed by atoms with van der Waals surface area (Å²) in [6.45, 7) is 5.60. The van der Waals surface area contributed by atoms with Gasteiger partial charge in [-0.05, 0) is 29.3 Å². The molecule has 4 rings (SSSR count). The number of benzene rings is 2. The van der Waals surface area contributed by atoms with Crippen LogP contribution in [0.2, 0.25) is 5.02 Å². The van der Waals surface area contributed by atoms with E-state index >= 15 is 0 Å². The second-order valence-electron chi connectivity index (χ2n) is 7.91. The van der Waals surface area contributed by atoms with Crippen LogP contribution in [0.1, 0.15) is 29.9 Å². The van der Waals surface area contributed by atoms with Gasteiger partial charge in [-0.1, -0.05) is 41.9 Å². The molecule has 158 valence electrons. The van der Waals surface area contributed by atoms with Crippen LogP contribution < -0.4 is 10.2 Å². The minimum absolute atomic E-state index is 0.0247. The smallest absolute Gasteiger partial charge is 0.220 e. The molecule has 2 aromatic carbocycles. The molecule has 6 heteroatoms. The van der Waals surface area contributed by atoms with E-state index in [0.29, 0.717) is 18.0 Å². The normalized spacial score (nSPS) is 15.9. The number of carbonyl (C=O) groups is 1. The lowest BCUT2D eigenvalue weighted by Crippen LogP contribution is -3.14. The Hall–Kier alpha value is -2.34. The third-order valence-electron chi connectivity index (χ3n) is 5.89. The van der Waals surface area contributed by atoms with Crippen LogP contribution in [0.3, 0.4) is 0 Å². The topological polar surface area (TPSA) is 58.6 Å². The predicted octanol–water partition coefficient (Wildman–Crippen LogP) is 2.76. The lowest BCUT2D eigenvalue weighted by Gasteiger charge is -2.23. The van der Waals surface area contributed by atoms with Gasteiger partial charge in [0.25, 0.3) is 0 Å². The molecule has 1 aliphatic heterocycles. The van der Waals surface area contributed by atoms with Crippen LogP contribution >= 0.6 is 11.6 Å². The molecule has 3 aromatic rings. The molecule has 3 N–H and O–H groups in total. The lowest BCUT2D eigenvalue weighted by atomic mass is 9.88. The molecule has 2 heterocycles. The first-order valence-electron chi connectivity index (χ1n) is 10.7. The Labute approximate surface area is 182 Å². The second-order valence-corrected chi connectivity index (χ2v) is 8.35. The number of amides is 1. The van der Waals surface area contributed by atoms with Gasteiger partial charge in [0.2, 0.25) is 5.91 Å². The standard InChI is InChI=1S/C24H28ClN3O2/c25-19-8-6-18(7-9-19)21(22-17-27-23-5-2-1-4-20(22)23)16-24(29)26-10-3-11-28-12-14-30-15-13-28/h1-2,4-9,17,21,27H,3,10-16H2,(H,26,29)/p+1/t21-/m0/s1. The minimum Gasteiger partial charge on any atom is -0.370 e. The summed E-state index contributed by atoms with van der Waals surface area (Å²) >= 11 is 6.10. The molecule has 1 atom stereocenters. The number of rotatable bonds is 8. The van der Waals surface area contributed by atoms with Gasteiger partial charge >= 0.3 is 0 Å². The number of carbonyl (C=O) groups excluding carboxylic acids is 1. The number of hydrogen-bond donors (Lipinski definition) is 3. The third kappa shape index (κ3) is 5.22. The quantitative estimate of drug-likeness (QED) is 0.485. The highest BCUT2D eigenvalue weighted by atomic mass is 35.5. The van der Waals surface area contributed by atoms with Crippen LogP contribution in [0.25, 0.3) is 10.9 Å². The fraction of sp³-hybridized carbons (Fsp3) is 0.375. The molecular formula is C24H29ClN3O2+. The molecule has 0 bridgehead atoms. The van der Waals surface area contributed by atoms with Crippen molar-refractivity contribution in [3.8, 4) is 0 Å². The van der Waals surface area contributed by atoms with Gasteiger partial charge in [0.05, 0.1) is 19.8 Å². The largest absolute Gasteiger partial charge is 0.370 e. The van der Waals surface area contributed by atoms with Crippen molar-refractivity contribution in [2.75, 3.05) is 39.4 Å². The first-order valence-corrected chi connectivity index (χ1v) is 11.1. The molecule has 1 saturated heterocycles. The van der Waals surface area contributed by atoms with Crippen molar-refractivity contribution >= 4 is 28.4 Å². The predicted molar refractivity (Wildman–Crippen MR) is 120 cm³/mol. The highest BCUT2D eigenvalue weighted by Crippen LogP contribution is 2.33. The summed E-state index contributed by atoms with van der Waals surface area (Å²) < 4.78 is 5.40. The zero-order chi connectivity index (χ0) is 20.8. The molecule has 0 aliphatic carbocycles. The van der Waals surface area contributed by atoms with Gasteiger partial charge in [-0.25, -0.2) is 0 Å². The molecule has 0 saturated carbocycles. The summed E-state index contributed by atoms with van der Waals surface area (Å²) in [6, 6.07) is 16.0. The van der Waals surface area contributed by atoms with Crippen molar-refractivity contribution in [2.45, 2.75) is 18.8 Å². The van der Waals surface area contributed by atoms with Crippen molar-refractivity contribution in [1.82, 2.24) is 10.3 Å². The van der Waals surface area contributed by atoms with Crippen LogP contribution in [0.5, 0.6) is 0 Å². The summed E-state index contributed by atoms with van der Waals surface area (Å²) in [6.07, 6.45) is 3.42. The number of hydrogen-bond acceptors (Lipinski definition) is 2. The molecule has 1 fully saturated rings. The van der Waals surface area contributed by atoms with Crippen molar-refractivity contribution < 1.29 is 14.4 Å². The minimum atomic E-state index is -0.0247. The summed E-state index contributed by atoms with van der Waals surface area (Å²) in [5.41, 5.74) is 3.32. The Balaban J connectivity index is 1.42. The maximum atomic E-state index is 12.8. The van der Waals surface area contributed by atoms with Crippen molar-refractivity contribution in [2.24, 2.45) is 0 Å². The average molecular weight is 427 g/mol. The first-order chi connectivity index (χ1) is 14.7. The van der Waals surface area contributed by atoms with Crippen LogP contribution in [0.4, 0.5) is 0 Å². The average Bonchev–Trinajstić information content (AvgIpc) is 3.20. The SMILES string of the molecule is O=C(C[C@@H](c1ccc(Cl)cc1)c1c[nH]c2ccccc12)NCCC[NH+]1CCOCC1. The van der Waals surface area contributed by atoms with Crippen molar-refractivity contribution in [3.63, 3.8) is 0 Å². The third-order valence-corrected chi connectivity index (χ3v) is 6.14. The Morgan fingerprint density at radius 2 is 1.90 bits per heavy atom. The number of halogens is 1. The zero-order valence-electron chi connectivity index (χ0n) is 17.1. The van der Waals surface area contributed by atoms with E-state index in [0.717, 1.165) is 61.3 Å². The van der Waals surface area contributed by atoms with Gasteiger partial charge in [-0.2, -0.15) is 0 Å². The van der Waals surface area contributed by atoms with Gasteiger partial charge in [0.1, 0.15) is 13.1 Å². The molecule has 1 aliphatic rings. The maximum Gasteiger partial charge on any atom is 0.220 e. The van der Waals surface area contributed by atoms with Gasteiger partial charge in [0.15, 0.2) is 0 Å². The van der Waals surface area contributed by atoms with E-state index < -0.39 is 0 Å². The van der Waals surface area contributed by atoms with Gasteiger partial charge in [-0.15, -0.1) is 0 Å². The molecule has 0 radical (unpaired) electrons. The number of aromatic nitrogens is 1. The van der Waals surface area contributed by atoms with Gasteiger partial charge in [0, 0.05) is 47.4 Å². The van der Waals surface area contributed by atoms with E-state index in [-0.39, 0.29) is 11.8 Å². The molecule has 0 unspecified atom stereocenters. The number of morpholine rings is 1. The van der Waals surface area contributed by atoms with E-state index in [9.17, 15) is 4.79 Å². The highest BCUT2D eigenvalue weighted by molar-refractivity contribution is 6.30. The Morgan fingerprint density at radius 3 is 2.70 bits per heavy atom. The summed E-state index contributed by atoms with van der Waals surface area (Å²) in [4.78, 5) is 17.7. The number of H-pyrrole nitrogens is 1. The maximum absolute atomic E-state index is 12.8. The molecule has 1 amide bonds. The number of ether oxygens (including phenoxy) is 1. The Morgan fingerprint density at radius 1 is 1.13 bits per heavy atom. The molecule has 1 aromatic heterocycles. The molecule has 30 heavy (non-hydrogen) atoms. The number of fused-ring (bicyclic) bond motifs is 1. The lowest BCUT2D eigenvalue weighted by molar-refractivity contribution is -0.908. The first kappa shape index (κ1) is 20.9. The van der Waals surface area contributed by atoms with E-state index in [4.69, 9.17) is 16.3 Å². The fourth-order valence-electron chi connectivity index (χ4n) is 4.22. The van der Waals surface area contributed by atoms with Crippen LogP contribution in [0, 0.1) is 0 Å². The summed E-state index contributed by atoms with van der Waals surface area (Å²) in [5, 5.41) is 4.98. The van der Waals surface area contributed by atoms with Gasteiger partial charge < -0.3 is 19.9 Å². The number of para-hydroxylation sites is 1. The molecular weight excluding hydrogens is 398 g/mol. The highest BCUT2D eigenvalue weighted by Gasteiger charge is 2.21. The van der Waals surface area contributed by atoms with Crippen LogP contribution in [0.15, 0.2) is 54.7 Å². The zero-order valence-corrected chi connectivity index (χ0v) is 17.9. The second kappa shape index (κ2) is 10.1. The number of aromatic amines is 1. The molecule has 5 nitrogen and oxygen atoms in total. The molecule has 0 spiro atoms. The number of quaternary nitrogens is 1. The van der Waals surface area contributed by atoms with Crippen molar-refractivity contribution in [3.05, 3.63) is 70.9 Å². The monoisotopic (exact) mass is 426 g/mol. The van der Waals surface area contributed by atoms with Crippen molar-refractivity contribution in [1.29, 1.82) is 0 Å². The van der Waals surface area contributed by atoms with Crippen LogP contribution in [-0.2, 0) is 9.53 Å². The van der Waals surface area contributed by atoms with E-state index in [1.165, 1.54) is 0 Å². The summed E-state index contributed by atoms with van der Waals surface area (Å²) in [7, 11) is 0. The van der Waals surface area contributed by atoms with E-state index in [1.807, 2.05) is 42.6 Å². The fourth-order valence-corrected chi connectivity index (χ4v) is 4.34. The Kier molecular flexibility index (Phi) is 7.05. The number of nitrogens with one attached hydrogen (secondary N) is 3. The van der Waals surface area contributed by atoms with E-state index in [2.05, 4.69) is 22.4 Å². The van der Waals surface area contributed by atoms with Gasteiger partial charge in [-0.3, -0.25) is 4.79 Å².